The molecule has 0 saturated carbocycles. The molecule has 7 heteroatoms. The highest BCUT2D eigenvalue weighted by molar-refractivity contribution is 7.89. The van der Waals surface area contributed by atoms with Crippen LogP contribution < -0.4 is 5.32 Å². The molecule has 1 N–H and O–H groups in total. The van der Waals surface area contributed by atoms with Gasteiger partial charge in [0.15, 0.2) is 0 Å². The molecule has 0 aromatic carbocycles. The van der Waals surface area contributed by atoms with E-state index in [2.05, 4.69) is 12.2 Å². The van der Waals surface area contributed by atoms with Gasteiger partial charge in [-0.1, -0.05) is 13.0 Å². The van der Waals surface area contributed by atoms with Gasteiger partial charge in [0.05, 0.1) is 4.90 Å². The number of nitrogens with zero attached hydrogens (tertiary/aromatic N) is 1. The van der Waals surface area contributed by atoms with Gasteiger partial charge in [-0.3, -0.25) is 0 Å². The highest BCUT2D eigenvalue weighted by Crippen LogP contribution is 2.26. The standard InChI is InChI=1S/C14H20N2O2S3/c1-3-7-15-10-13-14(6-9-20-13)21(17,18)16(2)11-12-5-4-8-19-12/h4-6,8-9,15H,3,7,10-11H2,1-2H3. The van der Waals surface area contributed by atoms with Gasteiger partial charge in [-0.25, -0.2) is 8.42 Å². The van der Waals surface area contributed by atoms with Crippen LogP contribution in [0.15, 0.2) is 33.9 Å². The average molecular weight is 345 g/mol. The topological polar surface area (TPSA) is 49.4 Å². The van der Waals surface area contributed by atoms with Gasteiger partial charge < -0.3 is 5.32 Å². The Morgan fingerprint density at radius 1 is 1.24 bits per heavy atom. The fourth-order valence-corrected chi connectivity index (χ4v) is 5.31. The first-order valence-electron chi connectivity index (χ1n) is 6.81. The Morgan fingerprint density at radius 2 is 2.05 bits per heavy atom. The second-order valence-corrected chi connectivity index (χ2v) is 8.77. The largest absolute Gasteiger partial charge is 0.312 e. The average Bonchev–Trinajstić information content (AvgIpc) is 3.10. The van der Waals surface area contributed by atoms with Crippen LogP contribution in [0.25, 0.3) is 0 Å². The molecule has 0 radical (unpaired) electrons. The molecule has 0 aliphatic heterocycles. The number of hydrogen-bond acceptors (Lipinski definition) is 5. The molecule has 2 aromatic heterocycles. The van der Waals surface area contributed by atoms with Crippen molar-refractivity contribution in [3.05, 3.63) is 38.7 Å². The monoisotopic (exact) mass is 344 g/mol. The molecule has 0 saturated heterocycles. The van der Waals surface area contributed by atoms with Crippen molar-refractivity contribution < 1.29 is 8.42 Å². The van der Waals surface area contributed by atoms with Crippen molar-refractivity contribution in [1.82, 2.24) is 9.62 Å². The van der Waals surface area contributed by atoms with Gasteiger partial charge in [-0.15, -0.1) is 22.7 Å². The lowest BCUT2D eigenvalue weighted by atomic mass is 10.4. The molecule has 0 bridgehead atoms. The quantitative estimate of drug-likeness (QED) is 0.749. The van der Waals surface area contributed by atoms with Gasteiger partial charge >= 0.3 is 0 Å². The second kappa shape index (κ2) is 7.51. The SMILES string of the molecule is CCCNCc1sccc1S(=O)(=O)N(C)Cc1cccs1. The Morgan fingerprint density at radius 3 is 2.71 bits per heavy atom. The lowest BCUT2D eigenvalue weighted by Crippen LogP contribution is -2.27. The summed E-state index contributed by atoms with van der Waals surface area (Å²) in [4.78, 5) is 2.35. The molecule has 0 spiro atoms. The molecule has 2 heterocycles. The van der Waals surface area contributed by atoms with Crippen LogP contribution in [-0.2, 0) is 23.1 Å². The molecule has 4 nitrogen and oxygen atoms in total. The van der Waals surface area contributed by atoms with Crippen LogP contribution >= 0.6 is 22.7 Å². The molecule has 2 aromatic rings. The minimum absolute atomic E-state index is 0.414. The predicted octanol–water partition coefficient (Wildman–Crippen LogP) is 3.13. The Balaban J connectivity index is 2.13. The van der Waals surface area contributed by atoms with Crippen molar-refractivity contribution in [1.29, 1.82) is 0 Å². The summed E-state index contributed by atoms with van der Waals surface area (Å²) in [6, 6.07) is 5.59. The highest BCUT2D eigenvalue weighted by atomic mass is 32.2. The van der Waals surface area contributed by atoms with Crippen LogP contribution in [0.2, 0.25) is 0 Å². The first kappa shape index (κ1) is 16.6. The molecule has 0 aliphatic carbocycles. The molecule has 116 valence electrons. The van der Waals surface area contributed by atoms with Gasteiger partial charge in [0.2, 0.25) is 10.0 Å². The third kappa shape index (κ3) is 4.14. The van der Waals surface area contributed by atoms with E-state index < -0.39 is 10.0 Å². The lowest BCUT2D eigenvalue weighted by molar-refractivity contribution is 0.469. The van der Waals surface area contributed by atoms with Crippen LogP contribution in [0.1, 0.15) is 23.1 Å². The number of hydrogen-bond donors (Lipinski definition) is 1. The summed E-state index contributed by atoms with van der Waals surface area (Å²) >= 11 is 3.06. The van der Waals surface area contributed by atoms with Crippen LogP contribution in [0.5, 0.6) is 0 Å². The van der Waals surface area contributed by atoms with Gasteiger partial charge in [-0.05, 0) is 35.9 Å². The minimum atomic E-state index is -3.43. The molecule has 2 rings (SSSR count). The third-order valence-electron chi connectivity index (χ3n) is 3.06. The number of sulfonamides is 1. The number of nitrogens with one attached hydrogen (secondary N) is 1. The third-order valence-corrected chi connectivity index (χ3v) is 6.86. The molecule has 0 amide bonds. The van der Waals surface area contributed by atoms with Crippen LogP contribution in [-0.4, -0.2) is 26.3 Å². The Bertz CT molecular complexity index is 648. The molecular weight excluding hydrogens is 324 g/mol. The van der Waals surface area contributed by atoms with Gasteiger partial charge in [0, 0.05) is 29.9 Å². The van der Waals surface area contributed by atoms with E-state index in [1.807, 2.05) is 22.9 Å². The van der Waals surface area contributed by atoms with E-state index in [1.54, 1.807) is 24.5 Å². The van der Waals surface area contributed by atoms with Crippen LogP contribution in [0.3, 0.4) is 0 Å². The lowest BCUT2D eigenvalue weighted by Gasteiger charge is -2.17. The Kier molecular flexibility index (Phi) is 5.95. The fourth-order valence-electron chi connectivity index (χ4n) is 1.94. The summed E-state index contributed by atoms with van der Waals surface area (Å²) < 4.78 is 26.8. The normalized spacial score (nSPS) is 12.1. The zero-order valence-electron chi connectivity index (χ0n) is 12.2. The van der Waals surface area contributed by atoms with Gasteiger partial charge in [-0.2, -0.15) is 4.31 Å². The molecule has 21 heavy (non-hydrogen) atoms. The van der Waals surface area contributed by atoms with Crippen LogP contribution in [0, 0.1) is 0 Å². The smallest absolute Gasteiger partial charge is 0.244 e. The van der Waals surface area contributed by atoms with E-state index in [-0.39, 0.29) is 0 Å². The van der Waals surface area contributed by atoms with Crippen molar-refractivity contribution in [2.45, 2.75) is 31.3 Å². The maximum atomic E-state index is 12.7. The molecule has 0 aliphatic rings. The number of thiophene rings is 2. The maximum Gasteiger partial charge on any atom is 0.244 e. The van der Waals surface area contributed by atoms with Crippen molar-refractivity contribution >= 4 is 32.7 Å². The highest BCUT2D eigenvalue weighted by Gasteiger charge is 2.25. The first-order chi connectivity index (χ1) is 10.1. The molecular formula is C14H20N2O2S3. The molecule has 0 unspecified atom stereocenters. The van der Waals surface area contributed by atoms with Gasteiger partial charge in [0.1, 0.15) is 0 Å². The summed E-state index contributed by atoms with van der Waals surface area (Å²) in [5, 5.41) is 7.06. The zero-order chi connectivity index (χ0) is 15.3. The summed E-state index contributed by atoms with van der Waals surface area (Å²) in [7, 11) is -1.79. The van der Waals surface area contributed by atoms with E-state index in [0.717, 1.165) is 22.7 Å². The van der Waals surface area contributed by atoms with Crippen molar-refractivity contribution in [2.75, 3.05) is 13.6 Å². The zero-order valence-corrected chi connectivity index (χ0v) is 14.7. The first-order valence-corrected chi connectivity index (χ1v) is 10.0. The van der Waals surface area contributed by atoms with E-state index in [1.165, 1.54) is 15.6 Å². The Labute approximate surface area is 134 Å². The minimum Gasteiger partial charge on any atom is -0.312 e. The summed E-state index contributed by atoms with van der Waals surface area (Å²) in [5.74, 6) is 0. The Hall–Kier alpha value is -0.730. The van der Waals surface area contributed by atoms with Crippen LogP contribution in [0.4, 0.5) is 0 Å². The van der Waals surface area contributed by atoms with E-state index in [0.29, 0.717) is 18.0 Å². The maximum absolute atomic E-state index is 12.7. The summed E-state index contributed by atoms with van der Waals surface area (Å²) in [5.41, 5.74) is 0. The van der Waals surface area contributed by atoms with E-state index in [9.17, 15) is 8.42 Å². The second-order valence-electron chi connectivity index (χ2n) is 4.73. The van der Waals surface area contributed by atoms with Crippen molar-refractivity contribution in [3.8, 4) is 0 Å². The fraction of sp³-hybridized carbons (Fsp3) is 0.429. The summed E-state index contributed by atoms with van der Waals surface area (Å²) in [6.07, 6.45) is 1.03. The summed E-state index contributed by atoms with van der Waals surface area (Å²) in [6.45, 7) is 4.00. The molecule has 0 fully saturated rings. The van der Waals surface area contributed by atoms with E-state index in [4.69, 9.17) is 0 Å². The van der Waals surface area contributed by atoms with Gasteiger partial charge in [0.25, 0.3) is 0 Å². The van der Waals surface area contributed by atoms with Crippen molar-refractivity contribution in [3.63, 3.8) is 0 Å². The number of rotatable bonds is 8. The molecule has 0 atom stereocenters. The van der Waals surface area contributed by atoms with Crippen molar-refractivity contribution in [2.24, 2.45) is 0 Å². The predicted molar refractivity (Wildman–Crippen MR) is 89.3 cm³/mol. The van der Waals surface area contributed by atoms with E-state index >= 15 is 0 Å².